The van der Waals surface area contributed by atoms with E-state index in [-0.39, 0.29) is 10.2 Å². The summed E-state index contributed by atoms with van der Waals surface area (Å²) in [6.07, 6.45) is 0. The summed E-state index contributed by atoms with van der Waals surface area (Å²) in [4.78, 5) is 16.2. The number of halogens is 1. The molecule has 12 heavy (non-hydrogen) atoms. The normalized spacial score (nSPS) is 28.0. The SMILES string of the molecule is CC1(Br)CNC(=O)c2scnc21. The molecule has 1 aliphatic heterocycles. The highest BCUT2D eigenvalue weighted by atomic mass is 79.9. The molecule has 64 valence electrons. The summed E-state index contributed by atoms with van der Waals surface area (Å²) in [5, 5.41) is 2.80. The third-order valence-corrected chi connectivity index (χ3v) is 3.33. The van der Waals surface area contributed by atoms with E-state index in [4.69, 9.17) is 0 Å². The van der Waals surface area contributed by atoms with E-state index < -0.39 is 0 Å². The molecule has 0 aromatic carbocycles. The summed E-state index contributed by atoms with van der Waals surface area (Å²) in [5.41, 5.74) is 2.56. The first-order valence-electron chi connectivity index (χ1n) is 3.52. The number of thiazole rings is 1. The second-order valence-electron chi connectivity index (χ2n) is 2.91. The van der Waals surface area contributed by atoms with Gasteiger partial charge in [-0.3, -0.25) is 4.79 Å². The van der Waals surface area contributed by atoms with Crippen molar-refractivity contribution < 1.29 is 4.79 Å². The molecule has 1 atom stereocenters. The molecule has 1 unspecified atom stereocenters. The van der Waals surface area contributed by atoms with Crippen molar-refractivity contribution >= 4 is 33.2 Å². The monoisotopic (exact) mass is 246 g/mol. The van der Waals surface area contributed by atoms with Gasteiger partial charge in [-0.05, 0) is 6.92 Å². The predicted molar refractivity (Wildman–Crippen MR) is 50.7 cm³/mol. The van der Waals surface area contributed by atoms with Gasteiger partial charge in [0.05, 0.1) is 15.5 Å². The van der Waals surface area contributed by atoms with Crippen molar-refractivity contribution in [2.24, 2.45) is 0 Å². The Morgan fingerprint density at radius 2 is 2.58 bits per heavy atom. The zero-order valence-electron chi connectivity index (χ0n) is 6.43. The van der Waals surface area contributed by atoms with E-state index in [9.17, 15) is 4.79 Å². The molecule has 0 bridgehead atoms. The molecule has 5 heteroatoms. The molecule has 1 N–H and O–H groups in total. The van der Waals surface area contributed by atoms with Crippen LogP contribution in [-0.2, 0) is 4.32 Å². The number of nitrogens with one attached hydrogen (secondary N) is 1. The molecule has 1 aromatic heterocycles. The molecule has 0 fully saturated rings. The number of aromatic nitrogens is 1. The van der Waals surface area contributed by atoms with Crippen LogP contribution in [0.25, 0.3) is 0 Å². The number of hydrogen-bond donors (Lipinski definition) is 1. The lowest BCUT2D eigenvalue weighted by atomic mass is 10.0. The first kappa shape index (κ1) is 8.19. The molecular weight excluding hydrogens is 240 g/mol. The number of amides is 1. The molecular formula is C7H7BrN2OS. The minimum atomic E-state index is -0.198. The van der Waals surface area contributed by atoms with Gasteiger partial charge in [-0.1, -0.05) is 15.9 Å². The molecule has 1 aromatic rings. The Morgan fingerprint density at radius 1 is 1.83 bits per heavy atom. The number of fused-ring (bicyclic) bond motifs is 1. The average molecular weight is 247 g/mol. The zero-order valence-corrected chi connectivity index (χ0v) is 8.83. The predicted octanol–water partition coefficient (Wildman–Crippen LogP) is 1.50. The van der Waals surface area contributed by atoms with Gasteiger partial charge in [0.2, 0.25) is 0 Å². The van der Waals surface area contributed by atoms with Crippen molar-refractivity contribution in [2.75, 3.05) is 6.54 Å². The second kappa shape index (κ2) is 2.53. The van der Waals surface area contributed by atoms with Gasteiger partial charge in [0.25, 0.3) is 5.91 Å². The number of nitrogens with zero attached hydrogens (tertiary/aromatic N) is 1. The maximum atomic E-state index is 11.3. The van der Waals surface area contributed by atoms with Gasteiger partial charge in [-0.25, -0.2) is 4.98 Å². The molecule has 3 nitrogen and oxygen atoms in total. The lowest BCUT2D eigenvalue weighted by Crippen LogP contribution is -2.41. The zero-order chi connectivity index (χ0) is 8.77. The number of hydrogen-bond acceptors (Lipinski definition) is 3. The fourth-order valence-corrected chi connectivity index (χ4v) is 2.59. The van der Waals surface area contributed by atoms with Gasteiger partial charge in [0.15, 0.2) is 0 Å². The summed E-state index contributed by atoms with van der Waals surface area (Å²) in [6, 6.07) is 0. The maximum absolute atomic E-state index is 11.3. The van der Waals surface area contributed by atoms with Crippen LogP contribution in [0.3, 0.4) is 0 Å². The third kappa shape index (κ3) is 1.08. The van der Waals surface area contributed by atoms with Crippen molar-refractivity contribution in [3.63, 3.8) is 0 Å². The van der Waals surface area contributed by atoms with Gasteiger partial charge in [0, 0.05) is 6.54 Å². The molecule has 2 heterocycles. The highest BCUT2D eigenvalue weighted by Crippen LogP contribution is 2.35. The smallest absolute Gasteiger partial charge is 0.263 e. The Morgan fingerprint density at radius 3 is 3.25 bits per heavy atom. The summed E-state index contributed by atoms with van der Waals surface area (Å²) in [7, 11) is 0. The molecule has 0 saturated heterocycles. The Labute approximate surface area is 82.3 Å². The Balaban J connectivity index is 2.57. The molecule has 0 saturated carbocycles. The van der Waals surface area contributed by atoms with Crippen LogP contribution in [0.2, 0.25) is 0 Å². The summed E-state index contributed by atoms with van der Waals surface area (Å²) in [5.74, 6) is -0.00979. The van der Waals surface area contributed by atoms with Gasteiger partial charge in [-0.15, -0.1) is 11.3 Å². The molecule has 0 aliphatic carbocycles. The van der Waals surface area contributed by atoms with Crippen molar-refractivity contribution in [3.8, 4) is 0 Å². The first-order valence-corrected chi connectivity index (χ1v) is 5.19. The minimum absolute atomic E-state index is 0.00979. The number of carbonyl (C=O) groups is 1. The average Bonchev–Trinajstić information content (AvgIpc) is 2.46. The standard InChI is InChI=1S/C7H7BrN2OS/c1-7(8)2-9-6(11)4-5(7)10-3-12-4/h3H,2H2,1H3,(H,9,11). The quantitative estimate of drug-likeness (QED) is 0.706. The van der Waals surface area contributed by atoms with E-state index in [1.807, 2.05) is 6.92 Å². The Kier molecular flexibility index (Phi) is 1.73. The van der Waals surface area contributed by atoms with E-state index in [0.29, 0.717) is 6.54 Å². The van der Waals surface area contributed by atoms with E-state index in [1.54, 1.807) is 5.51 Å². The van der Waals surface area contributed by atoms with Crippen LogP contribution in [0.1, 0.15) is 22.3 Å². The van der Waals surface area contributed by atoms with Crippen LogP contribution in [0, 0.1) is 0 Å². The highest BCUT2D eigenvalue weighted by molar-refractivity contribution is 9.09. The van der Waals surface area contributed by atoms with Crippen LogP contribution < -0.4 is 5.32 Å². The highest BCUT2D eigenvalue weighted by Gasteiger charge is 2.35. The Hall–Kier alpha value is -0.420. The van der Waals surface area contributed by atoms with Gasteiger partial charge >= 0.3 is 0 Å². The molecule has 0 spiro atoms. The number of rotatable bonds is 0. The molecule has 1 amide bonds. The van der Waals surface area contributed by atoms with Crippen LogP contribution in [0.15, 0.2) is 5.51 Å². The van der Waals surface area contributed by atoms with Crippen LogP contribution >= 0.6 is 27.3 Å². The van der Waals surface area contributed by atoms with Gasteiger partial charge in [-0.2, -0.15) is 0 Å². The lowest BCUT2D eigenvalue weighted by molar-refractivity contribution is 0.0942. The fourth-order valence-electron chi connectivity index (χ4n) is 1.19. The summed E-state index contributed by atoms with van der Waals surface area (Å²) < 4.78 is -0.198. The van der Waals surface area contributed by atoms with Crippen LogP contribution in [0.4, 0.5) is 0 Å². The van der Waals surface area contributed by atoms with E-state index >= 15 is 0 Å². The van der Waals surface area contributed by atoms with E-state index in [0.717, 1.165) is 10.6 Å². The van der Waals surface area contributed by atoms with Crippen molar-refractivity contribution in [1.82, 2.24) is 10.3 Å². The topological polar surface area (TPSA) is 42.0 Å². The maximum Gasteiger partial charge on any atom is 0.263 e. The van der Waals surface area contributed by atoms with Crippen LogP contribution in [-0.4, -0.2) is 17.4 Å². The van der Waals surface area contributed by atoms with Crippen molar-refractivity contribution in [3.05, 3.63) is 16.1 Å². The molecule has 1 aliphatic rings. The molecule has 2 rings (SSSR count). The minimum Gasteiger partial charge on any atom is -0.349 e. The second-order valence-corrected chi connectivity index (χ2v) is 5.52. The fraction of sp³-hybridized carbons (Fsp3) is 0.429. The Bertz CT molecular complexity index is 334. The van der Waals surface area contributed by atoms with Crippen LogP contribution in [0.5, 0.6) is 0 Å². The number of carbonyl (C=O) groups excluding carboxylic acids is 1. The largest absolute Gasteiger partial charge is 0.349 e. The number of alkyl halides is 1. The van der Waals surface area contributed by atoms with E-state index in [1.165, 1.54) is 11.3 Å². The van der Waals surface area contributed by atoms with Crippen molar-refractivity contribution in [1.29, 1.82) is 0 Å². The first-order chi connectivity index (χ1) is 5.61. The summed E-state index contributed by atoms with van der Waals surface area (Å²) >= 11 is 4.91. The van der Waals surface area contributed by atoms with Crippen molar-refractivity contribution in [2.45, 2.75) is 11.2 Å². The summed E-state index contributed by atoms with van der Waals surface area (Å²) in [6.45, 7) is 2.60. The van der Waals surface area contributed by atoms with Gasteiger partial charge in [0.1, 0.15) is 4.88 Å². The molecule has 0 radical (unpaired) electrons. The lowest BCUT2D eigenvalue weighted by Gasteiger charge is -2.26. The van der Waals surface area contributed by atoms with Gasteiger partial charge < -0.3 is 5.32 Å². The van der Waals surface area contributed by atoms with E-state index in [2.05, 4.69) is 26.2 Å². The third-order valence-electron chi connectivity index (χ3n) is 1.85.